The first-order valence-corrected chi connectivity index (χ1v) is 9.01. The van der Waals surface area contributed by atoms with Crippen LogP contribution in [0.5, 0.6) is 0 Å². The summed E-state index contributed by atoms with van der Waals surface area (Å²) in [5.41, 5.74) is -0.379. The molecular formula is C18H34N2O3. The number of carbonyl (C=O) groups excluding carboxylic acids is 2. The number of likely N-dealkylation sites (tertiary alicyclic amines) is 1. The van der Waals surface area contributed by atoms with E-state index in [1.807, 2.05) is 25.7 Å². The Morgan fingerprint density at radius 3 is 2.26 bits per heavy atom. The summed E-state index contributed by atoms with van der Waals surface area (Å²) in [5.74, 6) is -0.393. The van der Waals surface area contributed by atoms with E-state index in [9.17, 15) is 14.7 Å². The van der Waals surface area contributed by atoms with E-state index in [2.05, 4.69) is 13.8 Å². The lowest BCUT2D eigenvalue weighted by atomic mass is 9.80. The largest absolute Gasteiger partial charge is 0.550 e. The van der Waals surface area contributed by atoms with Crippen LogP contribution in [-0.4, -0.2) is 49.5 Å². The number of carboxylic acids is 1. The molecule has 0 unspecified atom stereocenters. The van der Waals surface area contributed by atoms with Gasteiger partial charge in [0.2, 0.25) is 5.91 Å². The lowest BCUT2D eigenvalue weighted by Gasteiger charge is -2.41. The van der Waals surface area contributed by atoms with Gasteiger partial charge in [-0.25, -0.2) is 0 Å². The molecule has 0 spiro atoms. The summed E-state index contributed by atoms with van der Waals surface area (Å²) in [4.78, 5) is 27.0. The van der Waals surface area contributed by atoms with Gasteiger partial charge in [-0.1, -0.05) is 20.8 Å². The van der Waals surface area contributed by atoms with Crippen molar-refractivity contribution in [3.8, 4) is 0 Å². The summed E-state index contributed by atoms with van der Waals surface area (Å²) in [6.07, 6.45) is 1.87. The van der Waals surface area contributed by atoms with Crippen molar-refractivity contribution in [2.24, 2.45) is 17.3 Å². The molecule has 2 atom stereocenters. The Labute approximate surface area is 141 Å². The summed E-state index contributed by atoms with van der Waals surface area (Å²) in [7, 11) is 0. The second-order valence-corrected chi connectivity index (χ2v) is 7.88. The first kappa shape index (κ1) is 19.9. The van der Waals surface area contributed by atoms with Gasteiger partial charge in [0, 0.05) is 30.9 Å². The van der Waals surface area contributed by atoms with E-state index in [0.29, 0.717) is 13.1 Å². The molecule has 1 N–H and O–H groups in total. The van der Waals surface area contributed by atoms with Crippen molar-refractivity contribution < 1.29 is 19.6 Å². The molecule has 0 aromatic rings. The predicted molar refractivity (Wildman–Crippen MR) is 88.8 cm³/mol. The number of piperidine rings is 1. The molecule has 23 heavy (non-hydrogen) atoms. The summed E-state index contributed by atoms with van der Waals surface area (Å²) in [6.45, 7) is 14.7. The zero-order chi connectivity index (χ0) is 17.6. The molecule has 0 aliphatic carbocycles. The third kappa shape index (κ3) is 6.13. The summed E-state index contributed by atoms with van der Waals surface area (Å²) < 4.78 is 0. The third-order valence-electron chi connectivity index (χ3n) is 5.12. The van der Waals surface area contributed by atoms with Crippen LogP contribution < -0.4 is 10.0 Å². The molecule has 1 heterocycles. The van der Waals surface area contributed by atoms with E-state index < -0.39 is 5.97 Å². The number of nitrogens with one attached hydrogen (secondary N) is 1. The van der Waals surface area contributed by atoms with Crippen LogP contribution in [0.1, 0.15) is 53.9 Å². The zero-order valence-electron chi connectivity index (χ0n) is 15.5. The SMILES string of the molecule is CC[NH+](CC)CC[C@H]1CN(C(=O)C(C)(C)C)CC[C@H]1CC(=O)[O-]. The number of quaternary nitrogens is 1. The molecule has 134 valence electrons. The number of rotatable bonds is 7. The topological polar surface area (TPSA) is 64.9 Å². The number of carboxylic acid groups (broad SMARTS) is 1. The molecule has 5 nitrogen and oxygen atoms in total. The Bertz CT molecular complexity index is 400. The fourth-order valence-corrected chi connectivity index (χ4v) is 3.54. The number of amides is 1. The molecule has 0 saturated carbocycles. The Kier molecular flexibility index (Phi) is 7.52. The molecule has 5 heteroatoms. The first-order chi connectivity index (χ1) is 10.7. The Hall–Kier alpha value is -1.10. The van der Waals surface area contributed by atoms with Crippen molar-refractivity contribution in [2.75, 3.05) is 32.7 Å². The van der Waals surface area contributed by atoms with E-state index in [-0.39, 0.29) is 29.6 Å². The van der Waals surface area contributed by atoms with Gasteiger partial charge in [0.15, 0.2) is 0 Å². The van der Waals surface area contributed by atoms with Crippen molar-refractivity contribution in [3.05, 3.63) is 0 Å². The highest BCUT2D eigenvalue weighted by atomic mass is 16.4. The van der Waals surface area contributed by atoms with Crippen LogP contribution in [-0.2, 0) is 9.59 Å². The van der Waals surface area contributed by atoms with Crippen LogP contribution in [0.3, 0.4) is 0 Å². The van der Waals surface area contributed by atoms with Crippen molar-refractivity contribution in [1.82, 2.24) is 4.90 Å². The maximum Gasteiger partial charge on any atom is 0.227 e. The van der Waals surface area contributed by atoms with Crippen LogP contribution in [0.2, 0.25) is 0 Å². The van der Waals surface area contributed by atoms with Crippen molar-refractivity contribution >= 4 is 11.9 Å². The van der Waals surface area contributed by atoms with Gasteiger partial charge in [0.1, 0.15) is 0 Å². The van der Waals surface area contributed by atoms with Gasteiger partial charge in [-0.2, -0.15) is 0 Å². The van der Waals surface area contributed by atoms with Crippen LogP contribution >= 0.6 is 0 Å². The number of carbonyl (C=O) groups is 2. The average molecular weight is 326 g/mol. The van der Waals surface area contributed by atoms with Crippen molar-refractivity contribution in [3.63, 3.8) is 0 Å². The van der Waals surface area contributed by atoms with Gasteiger partial charge < -0.3 is 19.7 Å². The quantitative estimate of drug-likeness (QED) is 0.713. The molecule has 0 bridgehead atoms. The van der Waals surface area contributed by atoms with Crippen LogP contribution in [0, 0.1) is 17.3 Å². The Morgan fingerprint density at radius 1 is 1.17 bits per heavy atom. The molecule has 1 saturated heterocycles. The fourth-order valence-electron chi connectivity index (χ4n) is 3.54. The maximum absolute atomic E-state index is 12.5. The standard InChI is InChI=1S/C18H34N2O3/c1-6-19(7-2)10-8-15-13-20(17(23)18(3,4)5)11-9-14(15)12-16(21)22/h14-15H,6-13H2,1-5H3,(H,21,22)/t14-,15-/m0/s1. The number of hydrogen-bond donors (Lipinski definition) is 1. The van der Waals surface area contributed by atoms with Gasteiger partial charge in [-0.3, -0.25) is 4.79 Å². The molecule has 0 aromatic carbocycles. The maximum atomic E-state index is 12.5. The van der Waals surface area contributed by atoms with E-state index >= 15 is 0 Å². The molecule has 1 rings (SSSR count). The van der Waals surface area contributed by atoms with Crippen LogP contribution in [0.4, 0.5) is 0 Å². The monoisotopic (exact) mass is 326 g/mol. The van der Waals surface area contributed by atoms with Crippen LogP contribution in [0.25, 0.3) is 0 Å². The predicted octanol–water partition coefficient (Wildman–Crippen LogP) is -0.0480. The summed E-state index contributed by atoms with van der Waals surface area (Å²) in [6, 6.07) is 0. The Balaban J connectivity index is 2.74. The molecule has 1 amide bonds. The van der Waals surface area contributed by atoms with Crippen molar-refractivity contribution in [2.45, 2.75) is 53.9 Å². The molecule has 1 aliphatic rings. The minimum atomic E-state index is -0.967. The number of aliphatic carboxylic acids is 1. The van der Waals surface area contributed by atoms with E-state index in [4.69, 9.17) is 0 Å². The smallest absolute Gasteiger partial charge is 0.227 e. The van der Waals surface area contributed by atoms with Crippen molar-refractivity contribution in [1.29, 1.82) is 0 Å². The van der Waals surface area contributed by atoms with Gasteiger partial charge in [0.05, 0.1) is 19.6 Å². The lowest BCUT2D eigenvalue weighted by molar-refractivity contribution is -0.897. The number of nitrogens with zero attached hydrogens (tertiary/aromatic N) is 1. The summed E-state index contributed by atoms with van der Waals surface area (Å²) in [5, 5.41) is 11.0. The Morgan fingerprint density at radius 2 is 1.78 bits per heavy atom. The molecule has 1 aliphatic heterocycles. The lowest BCUT2D eigenvalue weighted by Crippen LogP contribution is -3.11. The molecule has 0 aromatic heterocycles. The zero-order valence-corrected chi connectivity index (χ0v) is 15.5. The van der Waals surface area contributed by atoms with Crippen LogP contribution in [0.15, 0.2) is 0 Å². The second kappa shape index (κ2) is 8.67. The molecule has 1 fully saturated rings. The molecule has 0 radical (unpaired) electrons. The van der Waals surface area contributed by atoms with Gasteiger partial charge >= 0.3 is 0 Å². The normalized spacial score (nSPS) is 22.4. The fraction of sp³-hybridized carbons (Fsp3) is 0.889. The van der Waals surface area contributed by atoms with Gasteiger partial charge in [0.25, 0.3) is 0 Å². The number of hydrogen-bond acceptors (Lipinski definition) is 3. The average Bonchev–Trinajstić information content (AvgIpc) is 2.47. The highest BCUT2D eigenvalue weighted by molar-refractivity contribution is 5.81. The highest BCUT2D eigenvalue weighted by Gasteiger charge is 2.35. The van der Waals surface area contributed by atoms with E-state index in [0.717, 1.165) is 32.5 Å². The van der Waals surface area contributed by atoms with E-state index in [1.54, 1.807) is 0 Å². The third-order valence-corrected chi connectivity index (χ3v) is 5.12. The minimum Gasteiger partial charge on any atom is -0.550 e. The minimum absolute atomic E-state index is 0.121. The molecular weight excluding hydrogens is 292 g/mol. The second-order valence-electron chi connectivity index (χ2n) is 7.88. The first-order valence-electron chi connectivity index (χ1n) is 9.01. The van der Waals surface area contributed by atoms with Gasteiger partial charge in [-0.05, 0) is 38.5 Å². The van der Waals surface area contributed by atoms with E-state index in [1.165, 1.54) is 4.90 Å². The van der Waals surface area contributed by atoms with Gasteiger partial charge in [-0.15, -0.1) is 0 Å². The highest BCUT2D eigenvalue weighted by Crippen LogP contribution is 2.31. The summed E-state index contributed by atoms with van der Waals surface area (Å²) >= 11 is 0.